The van der Waals surface area contributed by atoms with Crippen LogP contribution in [-0.4, -0.2) is 41.3 Å². The summed E-state index contributed by atoms with van der Waals surface area (Å²) in [5.74, 6) is -0.813. The molecule has 1 unspecified atom stereocenters. The highest BCUT2D eigenvalue weighted by molar-refractivity contribution is 6.00. The number of allylic oxidation sites excluding steroid dienone is 3. The van der Waals surface area contributed by atoms with Gasteiger partial charge in [0.25, 0.3) is 0 Å². The van der Waals surface area contributed by atoms with E-state index in [1.165, 1.54) is 6.07 Å². The molecular formula is C30H41F3N2O3. The Balaban J connectivity index is 1.62. The molecule has 1 saturated carbocycles. The second-order valence-corrected chi connectivity index (χ2v) is 10.7. The van der Waals surface area contributed by atoms with Crippen LogP contribution >= 0.6 is 0 Å². The molecule has 38 heavy (non-hydrogen) atoms. The van der Waals surface area contributed by atoms with Gasteiger partial charge in [-0.2, -0.15) is 13.2 Å². The summed E-state index contributed by atoms with van der Waals surface area (Å²) >= 11 is 0. The van der Waals surface area contributed by atoms with Gasteiger partial charge in [-0.1, -0.05) is 75.0 Å². The number of unbranched alkanes of at least 4 members (excludes halogenated alkanes) is 1. The number of hydrogen-bond acceptors (Lipinski definition) is 4. The Bertz CT molecular complexity index is 1020. The molecule has 1 atom stereocenters. The van der Waals surface area contributed by atoms with Crippen molar-refractivity contribution in [1.29, 1.82) is 0 Å². The smallest absolute Gasteiger partial charge is 0.416 e. The van der Waals surface area contributed by atoms with E-state index in [4.69, 9.17) is 9.94 Å². The van der Waals surface area contributed by atoms with E-state index in [0.717, 1.165) is 57.1 Å². The number of likely N-dealkylation sites (tertiary alicyclic amines) is 1. The van der Waals surface area contributed by atoms with Crippen molar-refractivity contribution in [1.82, 2.24) is 4.90 Å². The van der Waals surface area contributed by atoms with E-state index >= 15 is 0 Å². The molecule has 0 aromatic heterocycles. The summed E-state index contributed by atoms with van der Waals surface area (Å²) in [6, 6.07) is 4.57. The molecule has 210 valence electrons. The van der Waals surface area contributed by atoms with Gasteiger partial charge in [-0.05, 0) is 60.8 Å². The summed E-state index contributed by atoms with van der Waals surface area (Å²) in [5, 5.41) is 13.3. The van der Waals surface area contributed by atoms with Gasteiger partial charge in [0.15, 0.2) is 0 Å². The van der Waals surface area contributed by atoms with Gasteiger partial charge in [-0.25, -0.2) is 0 Å². The Morgan fingerprint density at radius 3 is 2.58 bits per heavy atom. The summed E-state index contributed by atoms with van der Waals surface area (Å²) < 4.78 is 41.6. The number of halogens is 3. The molecule has 0 radical (unpaired) electrons. The Kier molecular flexibility index (Phi) is 11.0. The van der Waals surface area contributed by atoms with E-state index in [2.05, 4.69) is 36.1 Å². The maximum Gasteiger partial charge on any atom is 0.416 e. The van der Waals surface area contributed by atoms with Crippen LogP contribution in [0.3, 0.4) is 0 Å². The van der Waals surface area contributed by atoms with Crippen LogP contribution in [-0.2, 0) is 22.4 Å². The van der Waals surface area contributed by atoms with Gasteiger partial charge < -0.3 is 14.8 Å². The topological polar surface area (TPSA) is 62.1 Å². The highest BCUT2D eigenvalue weighted by atomic mass is 19.4. The number of alkyl halides is 3. The molecule has 0 bridgehead atoms. The average molecular weight is 535 g/mol. The van der Waals surface area contributed by atoms with Gasteiger partial charge in [0, 0.05) is 19.6 Å². The molecule has 2 aliphatic rings. The molecule has 3 rings (SSSR count). The Morgan fingerprint density at radius 2 is 1.95 bits per heavy atom. The van der Waals surface area contributed by atoms with Crippen LogP contribution in [0, 0.1) is 11.8 Å². The van der Waals surface area contributed by atoms with E-state index in [9.17, 15) is 18.0 Å². The number of aliphatic carboxylic acids is 1. The van der Waals surface area contributed by atoms with Crippen molar-refractivity contribution >= 4 is 11.7 Å². The molecule has 1 aromatic carbocycles. The summed E-state index contributed by atoms with van der Waals surface area (Å²) in [4.78, 5) is 18.6. The first-order valence-corrected chi connectivity index (χ1v) is 13.8. The van der Waals surface area contributed by atoms with Crippen LogP contribution in [0.4, 0.5) is 13.2 Å². The molecule has 1 aromatic rings. The lowest BCUT2D eigenvalue weighted by atomic mass is 9.81. The van der Waals surface area contributed by atoms with Crippen molar-refractivity contribution in [2.45, 2.75) is 84.4 Å². The summed E-state index contributed by atoms with van der Waals surface area (Å²) in [5.41, 5.74) is 1.87. The SMILES string of the molecule is CCC/C=C(\C=C/C(C)CN1CC(C(=O)O)C1)C(/C)=N/OCc1ccc(C2CCCCC2)c(C(F)(F)F)c1. The zero-order valence-electron chi connectivity index (χ0n) is 22.8. The number of carboxylic acid groups (broad SMARTS) is 1. The average Bonchev–Trinajstić information content (AvgIpc) is 2.85. The number of rotatable bonds is 12. The fourth-order valence-electron chi connectivity index (χ4n) is 5.21. The number of carbonyl (C=O) groups is 1. The van der Waals surface area contributed by atoms with E-state index in [0.29, 0.717) is 29.9 Å². The Hall–Kier alpha value is -2.61. The van der Waals surface area contributed by atoms with E-state index in [-0.39, 0.29) is 24.4 Å². The fraction of sp³-hybridized carbons (Fsp3) is 0.600. The van der Waals surface area contributed by atoms with Crippen LogP contribution < -0.4 is 0 Å². The van der Waals surface area contributed by atoms with Crippen molar-refractivity contribution in [3.8, 4) is 0 Å². The first-order valence-electron chi connectivity index (χ1n) is 13.8. The number of benzene rings is 1. The molecule has 8 heteroatoms. The van der Waals surface area contributed by atoms with Crippen LogP contribution in [0.15, 0.2) is 47.2 Å². The molecule has 1 aliphatic heterocycles. The molecule has 5 nitrogen and oxygen atoms in total. The van der Waals surface area contributed by atoms with Crippen molar-refractivity contribution in [2.24, 2.45) is 17.0 Å². The van der Waals surface area contributed by atoms with E-state index in [1.807, 2.05) is 13.0 Å². The maximum atomic E-state index is 13.9. The number of oxime groups is 1. The third-order valence-electron chi connectivity index (χ3n) is 7.43. The fourth-order valence-corrected chi connectivity index (χ4v) is 5.21. The molecule has 2 fully saturated rings. The zero-order chi connectivity index (χ0) is 27.7. The molecule has 0 amide bonds. The second-order valence-electron chi connectivity index (χ2n) is 10.7. The minimum Gasteiger partial charge on any atom is -0.481 e. The summed E-state index contributed by atoms with van der Waals surface area (Å²) in [6.07, 6.45) is 8.26. The minimum absolute atomic E-state index is 0.0317. The zero-order valence-corrected chi connectivity index (χ0v) is 22.8. The normalized spacial score (nSPS) is 19.5. The first-order chi connectivity index (χ1) is 18.1. The summed E-state index contributed by atoms with van der Waals surface area (Å²) in [6.45, 7) is 7.91. The highest BCUT2D eigenvalue weighted by Crippen LogP contribution is 2.41. The minimum atomic E-state index is -4.40. The van der Waals surface area contributed by atoms with Crippen molar-refractivity contribution in [3.05, 3.63) is 58.7 Å². The predicted octanol–water partition coefficient (Wildman–Crippen LogP) is 7.58. The van der Waals surface area contributed by atoms with Crippen molar-refractivity contribution in [2.75, 3.05) is 19.6 Å². The van der Waals surface area contributed by atoms with Gasteiger partial charge in [0.1, 0.15) is 6.61 Å². The lowest BCUT2D eigenvalue weighted by Gasteiger charge is -2.37. The second kappa shape index (κ2) is 14.0. The Labute approximate surface area is 224 Å². The van der Waals surface area contributed by atoms with Crippen LogP contribution in [0.2, 0.25) is 0 Å². The van der Waals surface area contributed by atoms with Crippen molar-refractivity contribution < 1.29 is 27.9 Å². The predicted molar refractivity (Wildman–Crippen MR) is 144 cm³/mol. The van der Waals surface area contributed by atoms with Gasteiger partial charge in [0.05, 0.1) is 17.2 Å². The van der Waals surface area contributed by atoms with Crippen molar-refractivity contribution in [3.63, 3.8) is 0 Å². The first kappa shape index (κ1) is 29.9. The monoisotopic (exact) mass is 534 g/mol. The third-order valence-corrected chi connectivity index (χ3v) is 7.43. The molecule has 1 N–H and O–H groups in total. The number of carboxylic acids is 1. The Morgan fingerprint density at radius 1 is 1.24 bits per heavy atom. The van der Waals surface area contributed by atoms with Crippen LogP contribution in [0.1, 0.15) is 88.3 Å². The number of nitrogens with zero attached hydrogens (tertiary/aromatic N) is 2. The molecular weight excluding hydrogens is 493 g/mol. The third kappa shape index (κ3) is 8.72. The number of hydrogen-bond donors (Lipinski definition) is 1. The highest BCUT2D eigenvalue weighted by Gasteiger charge is 2.36. The maximum absolute atomic E-state index is 13.9. The standard InChI is InChI=1S/C30H41F3N2O3/c1-4-5-9-24(14-12-21(2)17-35-18-26(19-35)29(36)37)22(3)34-38-20-23-13-15-27(25-10-7-6-8-11-25)28(16-23)30(31,32)33/h9,12-16,21,25-26H,4-8,10-11,17-20H2,1-3H3,(H,36,37)/b14-12-,24-9+,34-22+. The molecule has 1 saturated heterocycles. The largest absolute Gasteiger partial charge is 0.481 e. The van der Waals surface area contributed by atoms with Gasteiger partial charge in [-0.15, -0.1) is 0 Å². The lowest BCUT2D eigenvalue weighted by molar-refractivity contribution is -0.147. The van der Waals surface area contributed by atoms with E-state index < -0.39 is 17.7 Å². The quantitative estimate of drug-likeness (QED) is 0.171. The van der Waals surface area contributed by atoms with Gasteiger partial charge in [0.2, 0.25) is 0 Å². The van der Waals surface area contributed by atoms with Crippen LogP contribution in [0.5, 0.6) is 0 Å². The molecule has 1 aliphatic carbocycles. The summed E-state index contributed by atoms with van der Waals surface area (Å²) in [7, 11) is 0. The molecule has 0 spiro atoms. The molecule has 1 heterocycles. The van der Waals surface area contributed by atoms with E-state index in [1.54, 1.807) is 12.1 Å². The van der Waals surface area contributed by atoms with Crippen LogP contribution in [0.25, 0.3) is 0 Å². The lowest BCUT2D eigenvalue weighted by Crippen LogP contribution is -2.51. The van der Waals surface area contributed by atoms with Gasteiger partial charge >= 0.3 is 12.1 Å². The van der Waals surface area contributed by atoms with Gasteiger partial charge in [-0.3, -0.25) is 4.79 Å².